The molecule has 10 atom stereocenters. The summed E-state index contributed by atoms with van der Waals surface area (Å²) in [6, 6.07) is 30.0. The predicted molar refractivity (Wildman–Crippen MR) is 208 cm³/mol. The Morgan fingerprint density at radius 2 is 1.07 bits per heavy atom. The van der Waals surface area contributed by atoms with Gasteiger partial charge in [0.15, 0.2) is 0 Å². The van der Waals surface area contributed by atoms with Crippen LogP contribution in [0.15, 0.2) is 123 Å². The Morgan fingerprint density at radius 3 is 1.52 bits per heavy atom. The van der Waals surface area contributed by atoms with Gasteiger partial charge in [-0.05, 0) is 53.3 Å². The van der Waals surface area contributed by atoms with Gasteiger partial charge in [-0.25, -0.2) is 0 Å². The van der Waals surface area contributed by atoms with E-state index in [1.807, 2.05) is 60.9 Å². The maximum Gasteiger partial charge on any atom is 0.131 e. The number of aliphatic hydroxyl groups excluding tert-OH is 2. The number of aliphatic hydroxyl groups is 2. The Labute approximate surface area is 341 Å². The minimum Gasteiger partial charge on any atom is -1.00 e. The van der Waals surface area contributed by atoms with Gasteiger partial charge in [0.2, 0.25) is 0 Å². The molecule has 8 unspecified atom stereocenters. The number of halogens is 2. The topological polar surface area (TPSA) is 66.2 Å². The van der Waals surface area contributed by atoms with Crippen LogP contribution < -0.4 is 34.0 Å². The van der Waals surface area contributed by atoms with Crippen LogP contribution in [0.1, 0.15) is 60.1 Å². The fourth-order valence-corrected chi connectivity index (χ4v) is 11.5. The van der Waals surface area contributed by atoms with Crippen molar-refractivity contribution < 1.29 is 53.1 Å². The number of fused-ring (bicyclic) bond motifs is 8. The van der Waals surface area contributed by atoms with Gasteiger partial charge in [0.25, 0.3) is 0 Å². The van der Waals surface area contributed by atoms with Crippen molar-refractivity contribution in [2.45, 2.75) is 63.1 Å². The third-order valence-electron chi connectivity index (χ3n) is 14.1. The minimum absolute atomic E-state index is 0. The predicted octanol–water partition coefficient (Wildman–Crippen LogP) is 2.08. The van der Waals surface area contributed by atoms with Gasteiger partial charge in [-0.15, -0.1) is 13.2 Å². The van der Waals surface area contributed by atoms with Gasteiger partial charge < -0.3 is 53.1 Å². The number of piperidine rings is 6. The Kier molecular flexibility index (Phi) is 11.4. The summed E-state index contributed by atoms with van der Waals surface area (Å²) in [6.07, 6.45) is 11.3. The van der Waals surface area contributed by atoms with Crippen molar-refractivity contribution in [1.82, 2.24) is 9.97 Å². The van der Waals surface area contributed by atoms with Crippen LogP contribution in [-0.4, -0.2) is 67.4 Å². The van der Waals surface area contributed by atoms with Crippen LogP contribution in [0.25, 0.3) is 21.8 Å². The maximum absolute atomic E-state index is 12.3. The van der Waals surface area contributed by atoms with Crippen LogP contribution in [0.5, 0.6) is 0 Å². The average molecular weight is 853 g/mol. The number of pyridine rings is 2. The number of hydrogen-bond donors (Lipinski definition) is 2. The summed E-state index contributed by atoms with van der Waals surface area (Å²) in [5.74, 6) is 2.05. The summed E-state index contributed by atoms with van der Waals surface area (Å²) in [7, 11) is 0. The van der Waals surface area contributed by atoms with Gasteiger partial charge in [-0.3, -0.25) is 9.97 Å². The van der Waals surface area contributed by atoms with Gasteiger partial charge in [0.1, 0.15) is 37.4 Å². The number of hydrogen-bond acceptors (Lipinski definition) is 4. The summed E-state index contributed by atoms with van der Waals surface area (Å²) in [6.45, 7) is 14.5. The zero-order valence-corrected chi connectivity index (χ0v) is 34.1. The van der Waals surface area contributed by atoms with Gasteiger partial charge in [-0.2, -0.15) is 0 Å². The first-order valence-corrected chi connectivity index (χ1v) is 19.5. The van der Waals surface area contributed by atoms with Crippen molar-refractivity contribution >= 4 is 21.8 Å². The Hall–Kier alpha value is -3.24. The largest absolute Gasteiger partial charge is 1.00 e. The molecule has 0 amide bonds. The summed E-state index contributed by atoms with van der Waals surface area (Å²) in [4.78, 5) is 9.21. The molecular formula is C46H52Br2N4O2. The molecule has 3 aromatic carbocycles. The summed E-state index contributed by atoms with van der Waals surface area (Å²) in [5, 5.41) is 26.7. The monoisotopic (exact) mass is 850 g/mol. The molecule has 2 aromatic heterocycles. The fourth-order valence-electron chi connectivity index (χ4n) is 11.5. The van der Waals surface area contributed by atoms with E-state index in [0.29, 0.717) is 23.7 Å². The lowest BCUT2D eigenvalue weighted by Crippen LogP contribution is -3.00. The quantitative estimate of drug-likeness (QED) is 0.167. The van der Waals surface area contributed by atoms with Crippen molar-refractivity contribution in [2.75, 3.05) is 26.2 Å². The van der Waals surface area contributed by atoms with E-state index in [1.54, 1.807) is 0 Å². The minimum atomic E-state index is -0.569. The third-order valence-corrected chi connectivity index (χ3v) is 14.1. The fraction of sp³-hybridized carbons (Fsp3) is 0.391. The number of quaternary nitrogens is 2. The maximum atomic E-state index is 12.3. The Balaban J connectivity index is 0.00000225. The standard InChI is InChI=1S/C46H52N4O2.2BrH/c1-3-33-29-49(22-18-35(33)25-43(49)45(51)39-16-20-47-41-14-7-5-12-37(39)41)27-31-10-9-11-32(24-31)28-50-23-19-36(34(4-2)30-50)26-44(50)46(52)40-17-21-48-42-15-8-6-13-38(40)42;;/h3-17,20-21,24,33-36,43-46,51-52H,1-2,18-19,22-23,25-30H2;2*1H/q+2;;/p-2/t33?,34?,35?,36?,43?,44?,45-,46-,49?,50?;;/m0../s1. The van der Waals surface area contributed by atoms with Crippen molar-refractivity contribution in [3.63, 3.8) is 0 Å². The molecule has 8 heterocycles. The number of rotatable bonds is 10. The second-order valence-electron chi connectivity index (χ2n) is 16.6. The molecule has 5 aromatic rings. The van der Waals surface area contributed by atoms with Gasteiger partial charge >= 0.3 is 0 Å². The Morgan fingerprint density at radius 1 is 0.630 bits per heavy atom. The molecule has 0 saturated carbocycles. The average Bonchev–Trinajstić information content (AvgIpc) is 3.19. The van der Waals surface area contributed by atoms with E-state index in [9.17, 15) is 10.2 Å². The third kappa shape index (κ3) is 6.71. The molecule has 0 radical (unpaired) electrons. The van der Waals surface area contributed by atoms with E-state index in [-0.39, 0.29) is 46.0 Å². The highest BCUT2D eigenvalue weighted by Crippen LogP contribution is 2.50. The molecule has 11 rings (SSSR count). The zero-order valence-electron chi connectivity index (χ0n) is 30.9. The van der Waals surface area contributed by atoms with Crippen molar-refractivity contribution in [2.24, 2.45) is 23.7 Å². The second-order valence-corrected chi connectivity index (χ2v) is 16.6. The molecule has 8 heteroatoms. The molecule has 282 valence electrons. The highest BCUT2D eigenvalue weighted by Gasteiger charge is 2.55. The number of nitrogens with zero attached hydrogens (tertiary/aromatic N) is 4. The van der Waals surface area contributed by atoms with Crippen LogP contribution in [0, 0.1) is 23.7 Å². The molecule has 6 nitrogen and oxygen atoms in total. The lowest BCUT2D eigenvalue weighted by Gasteiger charge is -2.58. The van der Waals surface area contributed by atoms with E-state index < -0.39 is 12.2 Å². The van der Waals surface area contributed by atoms with Crippen LogP contribution in [0.4, 0.5) is 0 Å². The number of aromatic nitrogens is 2. The molecule has 0 aliphatic carbocycles. The second kappa shape index (κ2) is 15.7. The van der Waals surface area contributed by atoms with Gasteiger partial charge in [-0.1, -0.05) is 66.7 Å². The molecule has 6 fully saturated rings. The Bertz CT molecular complexity index is 1990. The lowest BCUT2D eigenvalue weighted by molar-refractivity contribution is -0.985. The van der Waals surface area contributed by atoms with Crippen LogP contribution in [0.3, 0.4) is 0 Å². The zero-order chi connectivity index (χ0) is 35.5. The van der Waals surface area contributed by atoms with E-state index >= 15 is 0 Å². The van der Waals surface area contributed by atoms with Crippen molar-refractivity contribution in [1.29, 1.82) is 0 Å². The van der Waals surface area contributed by atoms with Crippen molar-refractivity contribution in [3.05, 3.63) is 145 Å². The summed E-state index contributed by atoms with van der Waals surface area (Å²) < 4.78 is 1.76. The first-order valence-electron chi connectivity index (χ1n) is 19.5. The highest BCUT2D eigenvalue weighted by atomic mass is 79.9. The molecule has 4 bridgehead atoms. The summed E-state index contributed by atoms with van der Waals surface area (Å²) in [5.41, 5.74) is 6.54. The molecule has 2 N–H and O–H groups in total. The SMILES string of the molecule is C=CC1C[N+]2(Cc3cccc(C[N+]45CCC(CC4[C@@H](O)c4ccnc6ccccc46)C(C=C)C5)c3)CCC1CC2[C@@H](O)c1ccnc2ccccc12.[Br-].[Br-]. The smallest absolute Gasteiger partial charge is 0.131 e. The van der Waals surface area contributed by atoms with Gasteiger partial charge in [0, 0.05) is 71.8 Å². The normalized spacial score (nSPS) is 30.9. The van der Waals surface area contributed by atoms with E-state index in [1.165, 1.54) is 24.0 Å². The van der Waals surface area contributed by atoms with Crippen LogP contribution in [-0.2, 0) is 13.1 Å². The molecule has 6 aliphatic rings. The number of para-hydroxylation sites is 2. The highest BCUT2D eigenvalue weighted by molar-refractivity contribution is 5.83. The van der Waals surface area contributed by atoms with E-state index in [4.69, 9.17) is 0 Å². The first kappa shape index (κ1) is 39.0. The number of benzene rings is 3. The summed E-state index contributed by atoms with van der Waals surface area (Å²) >= 11 is 0. The molecule has 6 saturated heterocycles. The van der Waals surface area contributed by atoms with Gasteiger partial charge in [0.05, 0.1) is 37.2 Å². The molecule has 0 spiro atoms. The first-order chi connectivity index (χ1) is 25.4. The van der Waals surface area contributed by atoms with E-state index in [0.717, 1.165) is 94.0 Å². The molecule has 6 aliphatic heterocycles. The molecular weight excluding hydrogens is 800 g/mol. The van der Waals surface area contributed by atoms with Crippen LogP contribution >= 0.6 is 0 Å². The van der Waals surface area contributed by atoms with Crippen LogP contribution in [0.2, 0.25) is 0 Å². The van der Waals surface area contributed by atoms with Crippen molar-refractivity contribution in [3.8, 4) is 0 Å². The lowest BCUT2D eigenvalue weighted by atomic mass is 9.71. The van der Waals surface area contributed by atoms with E-state index in [2.05, 4.69) is 71.7 Å². The molecule has 54 heavy (non-hydrogen) atoms.